The molecular formula is C28H23N5O3S. The molecule has 5 aromatic rings. The molecule has 0 bridgehead atoms. The predicted octanol–water partition coefficient (Wildman–Crippen LogP) is 5.31. The molecule has 2 heterocycles. The van der Waals surface area contributed by atoms with E-state index in [1.165, 1.54) is 42.2 Å². The van der Waals surface area contributed by atoms with Gasteiger partial charge in [0.1, 0.15) is 0 Å². The number of nitrogens with one attached hydrogen (secondary N) is 2. The fourth-order valence-electron chi connectivity index (χ4n) is 3.87. The molecule has 0 saturated heterocycles. The van der Waals surface area contributed by atoms with E-state index in [0.717, 1.165) is 17.4 Å². The number of carbonyl (C=O) groups is 1. The van der Waals surface area contributed by atoms with Crippen LogP contribution in [0.2, 0.25) is 0 Å². The van der Waals surface area contributed by atoms with Gasteiger partial charge in [-0.2, -0.15) is 0 Å². The first-order valence-electron chi connectivity index (χ1n) is 11.6. The van der Waals surface area contributed by atoms with E-state index in [-0.39, 0.29) is 16.8 Å². The highest BCUT2D eigenvalue weighted by Gasteiger charge is 2.17. The Labute approximate surface area is 214 Å². The lowest BCUT2D eigenvalue weighted by molar-refractivity contribution is 0.102. The molecule has 0 aliphatic carbocycles. The van der Waals surface area contributed by atoms with Crippen LogP contribution in [0.25, 0.3) is 22.2 Å². The van der Waals surface area contributed by atoms with Crippen molar-refractivity contribution < 1.29 is 13.2 Å². The van der Waals surface area contributed by atoms with E-state index in [4.69, 9.17) is 4.98 Å². The van der Waals surface area contributed by atoms with Gasteiger partial charge < -0.3 is 5.32 Å². The fraction of sp³-hybridized carbons (Fsp3) is 0.0714. The van der Waals surface area contributed by atoms with Crippen LogP contribution in [0.5, 0.6) is 0 Å². The van der Waals surface area contributed by atoms with Gasteiger partial charge in [-0.1, -0.05) is 49.4 Å². The van der Waals surface area contributed by atoms with Crippen LogP contribution in [0.3, 0.4) is 0 Å². The van der Waals surface area contributed by atoms with E-state index >= 15 is 0 Å². The van der Waals surface area contributed by atoms with E-state index < -0.39 is 10.0 Å². The molecule has 1 amide bonds. The summed E-state index contributed by atoms with van der Waals surface area (Å²) >= 11 is 0. The maximum Gasteiger partial charge on any atom is 0.264 e. The standard InChI is InChI=1S/C28H23N5O3S/c1-2-19-8-10-20(11-9-19)26-18-24(23-6-3-4-7-25(23)32-26)27(34)31-21-12-14-22(15-13-21)37(35,36)33-28-29-16-5-17-30-28/h3-18H,2H2,1H3,(H,31,34)(H,29,30,33). The zero-order valence-corrected chi connectivity index (χ0v) is 20.7. The molecule has 5 rings (SSSR count). The summed E-state index contributed by atoms with van der Waals surface area (Å²) in [6.45, 7) is 2.10. The van der Waals surface area contributed by atoms with Gasteiger partial charge in [0, 0.05) is 29.0 Å². The van der Waals surface area contributed by atoms with Gasteiger partial charge in [0.05, 0.1) is 21.7 Å². The molecule has 184 valence electrons. The third-order valence-electron chi connectivity index (χ3n) is 5.83. The van der Waals surface area contributed by atoms with Crippen molar-refractivity contribution in [3.8, 4) is 11.3 Å². The van der Waals surface area contributed by atoms with Crippen molar-refractivity contribution in [2.45, 2.75) is 18.2 Å². The number of para-hydroxylation sites is 1. The third-order valence-corrected chi connectivity index (χ3v) is 7.18. The smallest absolute Gasteiger partial charge is 0.264 e. The van der Waals surface area contributed by atoms with E-state index in [9.17, 15) is 13.2 Å². The zero-order chi connectivity index (χ0) is 25.8. The largest absolute Gasteiger partial charge is 0.322 e. The summed E-state index contributed by atoms with van der Waals surface area (Å²) < 4.78 is 27.6. The Balaban J connectivity index is 1.41. The normalized spacial score (nSPS) is 11.3. The minimum atomic E-state index is -3.88. The van der Waals surface area contributed by atoms with Crippen LogP contribution in [0.4, 0.5) is 11.6 Å². The van der Waals surface area contributed by atoms with Gasteiger partial charge >= 0.3 is 0 Å². The molecule has 2 aromatic heterocycles. The molecule has 0 saturated carbocycles. The number of fused-ring (bicyclic) bond motifs is 1. The second-order valence-electron chi connectivity index (χ2n) is 8.28. The summed E-state index contributed by atoms with van der Waals surface area (Å²) in [7, 11) is -3.88. The second kappa shape index (κ2) is 10.2. The topological polar surface area (TPSA) is 114 Å². The molecule has 0 aliphatic heterocycles. The molecule has 0 atom stereocenters. The number of anilines is 2. The van der Waals surface area contributed by atoms with Gasteiger partial charge in [-0.15, -0.1) is 0 Å². The Bertz CT molecular complexity index is 1670. The minimum Gasteiger partial charge on any atom is -0.322 e. The Morgan fingerprint density at radius 2 is 1.57 bits per heavy atom. The summed E-state index contributed by atoms with van der Waals surface area (Å²) in [5.74, 6) is -0.346. The number of aryl methyl sites for hydroxylation is 1. The van der Waals surface area contributed by atoms with Crippen molar-refractivity contribution in [3.05, 3.63) is 108 Å². The molecular weight excluding hydrogens is 486 g/mol. The van der Waals surface area contributed by atoms with Crippen LogP contribution in [-0.4, -0.2) is 29.3 Å². The number of benzene rings is 3. The first-order chi connectivity index (χ1) is 17.9. The Morgan fingerprint density at radius 3 is 2.27 bits per heavy atom. The number of aromatic nitrogens is 3. The van der Waals surface area contributed by atoms with Crippen molar-refractivity contribution in [3.63, 3.8) is 0 Å². The average Bonchev–Trinajstić information content (AvgIpc) is 2.93. The molecule has 3 aromatic carbocycles. The summed E-state index contributed by atoms with van der Waals surface area (Å²) in [6.07, 6.45) is 3.82. The van der Waals surface area contributed by atoms with Crippen molar-refractivity contribution in [1.82, 2.24) is 15.0 Å². The first kappa shape index (κ1) is 24.1. The van der Waals surface area contributed by atoms with E-state index in [1.807, 2.05) is 36.4 Å². The zero-order valence-electron chi connectivity index (χ0n) is 19.9. The lowest BCUT2D eigenvalue weighted by Crippen LogP contribution is -2.15. The molecule has 0 radical (unpaired) electrons. The fourth-order valence-corrected chi connectivity index (χ4v) is 4.83. The summed E-state index contributed by atoms with van der Waals surface area (Å²) in [5.41, 5.74) is 4.47. The van der Waals surface area contributed by atoms with Crippen LogP contribution in [0.1, 0.15) is 22.8 Å². The number of rotatable bonds is 7. The van der Waals surface area contributed by atoms with Crippen molar-refractivity contribution >= 4 is 38.5 Å². The quantitative estimate of drug-likeness (QED) is 0.307. The Morgan fingerprint density at radius 1 is 0.865 bits per heavy atom. The highest BCUT2D eigenvalue weighted by atomic mass is 32.2. The van der Waals surface area contributed by atoms with Gasteiger partial charge in [0.25, 0.3) is 15.9 Å². The number of sulfonamides is 1. The van der Waals surface area contributed by atoms with Gasteiger partial charge in [0.2, 0.25) is 5.95 Å². The van der Waals surface area contributed by atoms with Crippen molar-refractivity contribution in [1.29, 1.82) is 0 Å². The van der Waals surface area contributed by atoms with Gasteiger partial charge in [-0.25, -0.2) is 28.1 Å². The van der Waals surface area contributed by atoms with Gasteiger partial charge in [0.15, 0.2) is 0 Å². The Hall–Kier alpha value is -4.63. The van der Waals surface area contributed by atoms with E-state index in [1.54, 1.807) is 12.1 Å². The number of pyridine rings is 1. The lowest BCUT2D eigenvalue weighted by atomic mass is 10.0. The lowest BCUT2D eigenvalue weighted by Gasteiger charge is -2.12. The van der Waals surface area contributed by atoms with Crippen LogP contribution < -0.4 is 10.0 Å². The molecule has 0 fully saturated rings. The predicted molar refractivity (Wildman–Crippen MR) is 144 cm³/mol. The summed E-state index contributed by atoms with van der Waals surface area (Å²) in [5, 5.41) is 3.59. The van der Waals surface area contributed by atoms with Crippen LogP contribution in [-0.2, 0) is 16.4 Å². The van der Waals surface area contributed by atoms with Gasteiger partial charge in [-0.3, -0.25) is 4.79 Å². The van der Waals surface area contributed by atoms with Crippen LogP contribution in [0, 0.1) is 0 Å². The molecule has 8 nitrogen and oxygen atoms in total. The van der Waals surface area contributed by atoms with Gasteiger partial charge in [-0.05, 0) is 54.4 Å². The molecule has 0 spiro atoms. The van der Waals surface area contributed by atoms with Crippen molar-refractivity contribution in [2.24, 2.45) is 0 Å². The second-order valence-corrected chi connectivity index (χ2v) is 9.96. The average molecular weight is 510 g/mol. The number of hydrogen-bond donors (Lipinski definition) is 2. The number of carbonyl (C=O) groups excluding carboxylic acids is 1. The molecule has 0 aliphatic rings. The Kier molecular flexibility index (Phi) is 6.61. The highest BCUT2D eigenvalue weighted by Crippen LogP contribution is 2.26. The number of nitrogens with zero attached hydrogens (tertiary/aromatic N) is 3. The maximum absolute atomic E-state index is 13.3. The molecule has 37 heavy (non-hydrogen) atoms. The van der Waals surface area contributed by atoms with Crippen LogP contribution in [0.15, 0.2) is 102 Å². The summed E-state index contributed by atoms with van der Waals surface area (Å²) in [4.78, 5) is 25.9. The molecule has 2 N–H and O–H groups in total. The maximum atomic E-state index is 13.3. The van der Waals surface area contributed by atoms with Crippen LogP contribution >= 0.6 is 0 Å². The van der Waals surface area contributed by atoms with E-state index in [0.29, 0.717) is 22.5 Å². The molecule has 9 heteroatoms. The SMILES string of the molecule is CCc1ccc(-c2cc(C(=O)Nc3ccc(S(=O)(=O)Nc4ncccn4)cc3)c3ccccc3n2)cc1. The first-order valence-corrected chi connectivity index (χ1v) is 13.1. The minimum absolute atomic E-state index is 0.0186. The third kappa shape index (κ3) is 5.31. The monoisotopic (exact) mass is 509 g/mol. The van der Waals surface area contributed by atoms with Crippen molar-refractivity contribution in [2.75, 3.05) is 10.0 Å². The highest BCUT2D eigenvalue weighted by molar-refractivity contribution is 7.92. The number of amides is 1. The summed E-state index contributed by atoms with van der Waals surface area (Å²) in [6, 6.07) is 24.9. The number of hydrogen-bond acceptors (Lipinski definition) is 6. The van der Waals surface area contributed by atoms with E-state index in [2.05, 4.69) is 39.1 Å². The molecule has 0 unspecified atom stereocenters.